The van der Waals surface area contributed by atoms with E-state index in [2.05, 4.69) is 33.8 Å². The van der Waals surface area contributed by atoms with Crippen LogP contribution in [0.15, 0.2) is 63.0 Å². The zero-order chi connectivity index (χ0) is 19.6. The minimum atomic E-state index is -0.0252. The Morgan fingerprint density at radius 1 is 1.14 bits per heavy atom. The second kappa shape index (κ2) is 7.93. The predicted octanol–water partition coefficient (Wildman–Crippen LogP) is 4.97. The number of aryl methyl sites for hydroxylation is 1. The number of carbonyl (C=O) groups excluding carboxylic acids is 1. The molecule has 0 aliphatic carbocycles. The maximum absolute atomic E-state index is 13.2. The molecule has 146 valence electrons. The first-order valence-electron chi connectivity index (χ1n) is 9.55. The summed E-state index contributed by atoms with van der Waals surface area (Å²) in [6.45, 7) is 0.732. The summed E-state index contributed by atoms with van der Waals surface area (Å²) in [4.78, 5) is 16.5. The average Bonchev–Trinajstić information content (AvgIpc) is 3.52. The van der Waals surface area contributed by atoms with E-state index in [9.17, 15) is 4.79 Å². The lowest BCUT2D eigenvalue weighted by Gasteiger charge is -2.36. The standard InChI is InChI=1S/C22H19N3O2S2/c26-20(7-6-19-23-24-22(27-19)16-9-12-28-14-16)25-11-8-18-17(10-13-29-18)21(25)15-4-2-1-3-5-15/h1-5,9-10,12-14,21H,6-8,11H2/t21-/m1/s1. The molecule has 0 radical (unpaired) electrons. The third-order valence-corrected chi connectivity index (χ3v) is 6.87. The van der Waals surface area contributed by atoms with Gasteiger partial charge in [0.1, 0.15) is 0 Å². The van der Waals surface area contributed by atoms with E-state index in [1.54, 1.807) is 22.7 Å². The topological polar surface area (TPSA) is 59.2 Å². The Morgan fingerprint density at radius 3 is 2.86 bits per heavy atom. The van der Waals surface area contributed by atoms with Gasteiger partial charge in [0.15, 0.2) is 0 Å². The maximum atomic E-state index is 13.2. The number of hydrogen-bond acceptors (Lipinski definition) is 6. The monoisotopic (exact) mass is 421 g/mol. The van der Waals surface area contributed by atoms with Crippen LogP contribution >= 0.6 is 22.7 Å². The van der Waals surface area contributed by atoms with Crippen LogP contribution in [0.2, 0.25) is 0 Å². The van der Waals surface area contributed by atoms with Gasteiger partial charge in [0, 0.05) is 35.2 Å². The van der Waals surface area contributed by atoms with Gasteiger partial charge in [0.25, 0.3) is 0 Å². The average molecular weight is 422 g/mol. The van der Waals surface area contributed by atoms with Crippen molar-refractivity contribution in [1.29, 1.82) is 0 Å². The summed E-state index contributed by atoms with van der Waals surface area (Å²) >= 11 is 3.37. The Morgan fingerprint density at radius 2 is 2.03 bits per heavy atom. The molecule has 5 rings (SSSR count). The second-order valence-corrected chi connectivity index (χ2v) is 8.74. The minimum Gasteiger partial charge on any atom is -0.421 e. The number of carbonyl (C=O) groups is 1. The van der Waals surface area contributed by atoms with Crippen molar-refractivity contribution in [3.05, 3.63) is 80.5 Å². The van der Waals surface area contributed by atoms with Crippen LogP contribution in [0.4, 0.5) is 0 Å². The summed E-state index contributed by atoms with van der Waals surface area (Å²) in [6.07, 6.45) is 1.71. The molecule has 0 unspecified atom stereocenters. The van der Waals surface area contributed by atoms with Crippen molar-refractivity contribution in [1.82, 2.24) is 15.1 Å². The van der Waals surface area contributed by atoms with Gasteiger partial charge in [-0.15, -0.1) is 21.5 Å². The second-order valence-electron chi connectivity index (χ2n) is 6.96. The zero-order valence-electron chi connectivity index (χ0n) is 15.7. The van der Waals surface area contributed by atoms with E-state index < -0.39 is 0 Å². The van der Waals surface area contributed by atoms with Crippen LogP contribution in [0.3, 0.4) is 0 Å². The Kier molecular flexibility index (Phi) is 4.99. The summed E-state index contributed by atoms with van der Waals surface area (Å²) in [5.41, 5.74) is 3.32. The highest BCUT2D eigenvalue weighted by Gasteiger charge is 2.32. The van der Waals surface area contributed by atoms with E-state index in [-0.39, 0.29) is 11.9 Å². The Balaban J connectivity index is 1.33. The number of rotatable bonds is 5. The third-order valence-electron chi connectivity index (χ3n) is 5.19. The van der Waals surface area contributed by atoms with Crippen LogP contribution < -0.4 is 0 Å². The molecule has 0 N–H and O–H groups in total. The molecule has 0 bridgehead atoms. The molecule has 1 aromatic carbocycles. The smallest absolute Gasteiger partial charge is 0.248 e. The molecule has 4 aromatic rings. The van der Waals surface area contributed by atoms with Crippen LogP contribution in [0, 0.1) is 0 Å². The van der Waals surface area contributed by atoms with Crippen molar-refractivity contribution in [3.8, 4) is 11.5 Å². The van der Waals surface area contributed by atoms with Gasteiger partial charge < -0.3 is 9.32 Å². The quantitative estimate of drug-likeness (QED) is 0.457. The summed E-state index contributed by atoms with van der Waals surface area (Å²) in [5, 5.41) is 14.3. The van der Waals surface area contributed by atoms with E-state index >= 15 is 0 Å². The van der Waals surface area contributed by atoms with Crippen molar-refractivity contribution in [2.75, 3.05) is 6.54 Å². The number of amides is 1. The highest BCUT2D eigenvalue weighted by atomic mass is 32.1. The highest BCUT2D eigenvalue weighted by molar-refractivity contribution is 7.10. The van der Waals surface area contributed by atoms with Gasteiger partial charge in [0.05, 0.1) is 6.04 Å². The molecule has 1 atom stereocenters. The molecule has 29 heavy (non-hydrogen) atoms. The molecule has 4 heterocycles. The highest BCUT2D eigenvalue weighted by Crippen LogP contribution is 2.38. The van der Waals surface area contributed by atoms with Crippen molar-refractivity contribution in [2.24, 2.45) is 0 Å². The first-order chi connectivity index (χ1) is 14.3. The molecule has 1 aliphatic heterocycles. The molecule has 1 aliphatic rings. The first kappa shape index (κ1) is 18.3. The molecule has 7 heteroatoms. The summed E-state index contributed by atoms with van der Waals surface area (Å²) in [5.74, 6) is 1.13. The largest absolute Gasteiger partial charge is 0.421 e. The number of thiophene rings is 2. The number of fused-ring (bicyclic) bond motifs is 1. The van der Waals surface area contributed by atoms with Crippen molar-refractivity contribution in [2.45, 2.75) is 25.3 Å². The minimum absolute atomic E-state index is 0.0252. The van der Waals surface area contributed by atoms with Gasteiger partial charge in [-0.25, -0.2) is 0 Å². The van der Waals surface area contributed by atoms with E-state index in [4.69, 9.17) is 4.42 Å². The predicted molar refractivity (Wildman–Crippen MR) is 114 cm³/mol. The fraction of sp³-hybridized carbons (Fsp3) is 0.227. The third kappa shape index (κ3) is 3.63. The van der Waals surface area contributed by atoms with Gasteiger partial charge in [-0.05, 0) is 40.4 Å². The van der Waals surface area contributed by atoms with Crippen molar-refractivity contribution < 1.29 is 9.21 Å². The number of nitrogens with zero attached hydrogens (tertiary/aromatic N) is 3. The van der Waals surface area contributed by atoms with E-state index in [0.717, 1.165) is 24.1 Å². The van der Waals surface area contributed by atoms with Crippen LogP contribution in [0.25, 0.3) is 11.5 Å². The first-order valence-corrected chi connectivity index (χ1v) is 11.4. The molecule has 0 saturated heterocycles. The molecular weight excluding hydrogens is 402 g/mol. The lowest BCUT2D eigenvalue weighted by Crippen LogP contribution is -2.40. The zero-order valence-corrected chi connectivity index (χ0v) is 17.3. The molecule has 0 spiro atoms. The molecule has 0 saturated carbocycles. The molecule has 0 fully saturated rings. The number of benzene rings is 1. The summed E-state index contributed by atoms with van der Waals surface area (Å²) in [6, 6.07) is 14.3. The Hall–Kier alpha value is -2.77. The van der Waals surface area contributed by atoms with Crippen LogP contribution in [-0.2, 0) is 17.6 Å². The summed E-state index contributed by atoms with van der Waals surface area (Å²) in [7, 11) is 0. The van der Waals surface area contributed by atoms with Crippen LogP contribution in [-0.4, -0.2) is 27.5 Å². The van der Waals surface area contributed by atoms with E-state index in [1.165, 1.54) is 10.4 Å². The van der Waals surface area contributed by atoms with E-state index in [1.807, 2.05) is 39.9 Å². The van der Waals surface area contributed by atoms with Gasteiger partial charge in [-0.2, -0.15) is 11.3 Å². The SMILES string of the molecule is O=C(CCc1nnc(-c2ccsc2)o1)N1CCc2sccc2[C@H]1c1ccccc1. The maximum Gasteiger partial charge on any atom is 0.248 e. The van der Waals surface area contributed by atoms with Gasteiger partial charge >= 0.3 is 0 Å². The fourth-order valence-electron chi connectivity index (χ4n) is 3.79. The Labute approximate surface area is 176 Å². The number of aromatic nitrogens is 2. The normalized spacial score (nSPS) is 16.0. The fourth-order valence-corrected chi connectivity index (χ4v) is 5.33. The van der Waals surface area contributed by atoms with Gasteiger partial charge in [0.2, 0.25) is 17.7 Å². The van der Waals surface area contributed by atoms with E-state index in [0.29, 0.717) is 24.6 Å². The summed E-state index contributed by atoms with van der Waals surface area (Å²) < 4.78 is 5.74. The van der Waals surface area contributed by atoms with Crippen molar-refractivity contribution >= 4 is 28.6 Å². The molecular formula is C22H19N3O2S2. The molecule has 5 nitrogen and oxygen atoms in total. The number of hydrogen-bond donors (Lipinski definition) is 0. The van der Waals surface area contributed by atoms with Gasteiger partial charge in [-0.1, -0.05) is 30.3 Å². The van der Waals surface area contributed by atoms with Crippen molar-refractivity contribution in [3.63, 3.8) is 0 Å². The van der Waals surface area contributed by atoms with Crippen LogP contribution in [0.1, 0.15) is 34.4 Å². The molecule has 1 amide bonds. The molecule has 3 aromatic heterocycles. The lowest BCUT2D eigenvalue weighted by atomic mass is 9.93. The lowest BCUT2D eigenvalue weighted by molar-refractivity contribution is -0.133. The van der Waals surface area contributed by atoms with Gasteiger partial charge in [-0.3, -0.25) is 4.79 Å². The Bertz CT molecular complexity index is 1100. The van der Waals surface area contributed by atoms with Crippen LogP contribution in [0.5, 0.6) is 0 Å².